The Hall–Kier alpha value is -3.59. The third-order valence-electron chi connectivity index (χ3n) is 7.35. The zero-order valence-corrected chi connectivity index (χ0v) is 21.8. The van der Waals surface area contributed by atoms with Gasteiger partial charge in [-0.25, -0.2) is 18.2 Å². The number of piperidine rings is 1. The van der Waals surface area contributed by atoms with Crippen LogP contribution in [0.25, 0.3) is 11.8 Å². The number of hydrogen-bond acceptors (Lipinski definition) is 4. The minimum absolute atomic E-state index is 0.0949. The molecule has 0 saturated carbocycles. The molecule has 1 amide bonds. The van der Waals surface area contributed by atoms with E-state index in [4.69, 9.17) is 4.74 Å². The van der Waals surface area contributed by atoms with E-state index in [1.165, 1.54) is 0 Å². The number of benzene rings is 2. The fraction of sp³-hybridized carbons (Fsp3) is 0.379. The molecule has 200 valence electrons. The Morgan fingerprint density at radius 2 is 1.89 bits per heavy atom. The first kappa shape index (κ1) is 26.0. The van der Waals surface area contributed by atoms with Crippen LogP contribution < -0.4 is 4.74 Å². The lowest BCUT2D eigenvalue weighted by Crippen LogP contribution is -2.58. The Bertz CT molecular complexity index is 1360. The number of hydrogen-bond donors (Lipinski definition) is 0. The maximum absolute atomic E-state index is 14.2. The van der Waals surface area contributed by atoms with Gasteiger partial charge in [-0.3, -0.25) is 9.69 Å². The molecule has 3 aromatic rings. The van der Waals surface area contributed by atoms with Crippen LogP contribution in [0.1, 0.15) is 49.0 Å². The first-order valence-electron chi connectivity index (χ1n) is 12.9. The SMILES string of the molecule is CCCN1CC2CC/C(=C\c3ccc(-n4cnc(C)c4)c(OC)c3)C(=O)N2C(c2cc(F)c(F)c(F)c2)C1. The Labute approximate surface area is 220 Å². The number of ether oxygens (including phenoxy) is 1. The van der Waals surface area contributed by atoms with Crippen molar-refractivity contribution >= 4 is 12.0 Å². The van der Waals surface area contributed by atoms with Gasteiger partial charge in [0.05, 0.1) is 30.9 Å². The molecule has 6 nitrogen and oxygen atoms in total. The number of halogens is 3. The van der Waals surface area contributed by atoms with Crippen molar-refractivity contribution in [1.82, 2.24) is 19.4 Å². The monoisotopic (exact) mass is 524 g/mol. The maximum atomic E-state index is 14.2. The van der Waals surface area contributed by atoms with Gasteiger partial charge in [0.15, 0.2) is 17.5 Å². The molecule has 5 rings (SSSR count). The summed E-state index contributed by atoms with van der Waals surface area (Å²) in [6, 6.07) is 7.06. The molecular formula is C29H31F3N4O2. The van der Waals surface area contributed by atoms with Crippen LogP contribution >= 0.6 is 0 Å². The third-order valence-corrected chi connectivity index (χ3v) is 7.35. The summed E-state index contributed by atoms with van der Waals surface area (Å²) in [5, 5.41) is 0. The topological polar surface area (TPSA) is 50.6 Å². The molecular weight excluding hydrogens is 493 g/mol. The number of amides is 1. The molecule has 2 atom stereocenters. The number of imidazole rings is 1. The minimum Gasteiger partial charge on any atom is -0.495 e. The van der Waals surface area contributed by atoms with Gasteiger partial charge < -0.3 is 14.2 Å². The van der Waals surface area contributed by atoms with E-state index in [1.54, 1.807) is 18.3 Å². The first-order valence-corrected chi connectivity index (χ1v) is 12.9. The van der Waals surface area contributed by atoms with Crippen molar-refractivity contribution < 1.29 is 22.7 Å². The van der Waals surface area contributed by atoms with E-state index < -0.39 is 23.5 Å². The lowest BCUT2D eigenvalue weighted by Gasteiger charge is -2.49. The van der Waals surface area contributed by atoms with Gasteiger partial charge in [-0.1, -0.05) is 13.0 Å². The van der Waals surface area contributed by atoms with Crippen molar-refractivity contribution in [2.75, 3.05) is 26.7 Å². The van der Waals surface area contributed by atoms with Crippen molar-refractivity contribution in [3.63, 3.8) is 0 Å². The third kappa shape index (κ3) is 4.95. The number of rotatable bonds is 6. The highest BCUT2D eigenvalue weighted by atomic mass is 19.2. The summed E-state index contributed by atoms with van der Waals surface area (Å²) in [5.74, 6) is -3.52. The lowest BCUT2D eigenvalue weighted by atomic mass is 9.88. The summed E-state index contributed by atoms with van der Waals surface area (Å²) in [7, 11) is 1.59. The van der Waals surface area contributed by atoms with E-state index in [0.717, 1.165) is 48.5 Å². The molecule has 2 aromatic carbocycles. The van der Waals surface area contributed by atoms with E-state index in [0.29, 0.717) is 30.8 Å². The number of carbonyl (C=O) groups excluding carboxylic acids is 1. The van der Waals surface area contributed by atoms with Gasteiger partial charge in [0.1, 0.15) is 5.75 Å². The van der Waals surface area contributed by atoms with E-state index in [2.05, 4.69) is 16.8 Å². The average Bonchev–Trinajstić information content (AvgIpc) is 3.34. The van der Waals surface area contributed by atoms with Crippen molar-refractivity contribution in [2.24, 2.45) is 0 Å². The summed E-state index contributed by atoms with van der Waals surface area (Å²) in [6.07, 6.45) is 7.70. The predicted octanol–water partition coefficient (Wildman–Crippen LogP) is 5.45. The molecule has 2 aliphatic heterocycles. The van der Waals surface area contributed by atoms with Crippen LogP contribution in [-0.4, -0.2) is 58.0 Å². The number of fused-ring (bicyclic) bond motifs is 1. The van der Waals surface area contributed by atoms with Crippen molar-refractivity contribution in [3.05, 3.63) is 82.7 Å². The molecule has 0 radical (unpaired) electrons. The smallest absolute Gasteiger partial charge is 0.250 e. The summed E-state index contributed by atoms with van der Waals surface area (Å²) in [6.45, 7) is 5.92. The average molecular weight is 525 g/mol. The van der Waals surface area contributed by atoms with Gasteiger partial charge in [-0.05, 0) is 74.2 Å². The summed E-state index contributed by atoms with van der Waals surface area (Å²) >= 11 is 0. The quantitative estimate of drug-likeness (QED) is 0.318. The zero-order valence-electron chi connectivity index (χ0n) is 21.8. The van der Waals surface area contributed by atoms with E-state index >= 15 is 0 Å². The largest absolute Gasteiger partial charge is 0.495 e. The van der Waals surface area contributed by atoms with Crippen LogP contribution in [0.5, 0.6) is 5.75 Å². The normalized spacial score (nSPS) is 21.2. The van der Waals surface area contributed by atoms with Gasteiger partial charge >= 0.3 is 0 Å². The highest BCUT2D eigenvalue weighted by molar-refractivity contribution is 5.99. The summed E-state index contributed by atoms with van der Waals surface area (Å²) < 4.78 is 49.6. The van der Waals surface area contributed by atoms with Gasteiger partial charge in [-0.15, -0.1) is 0 Å². The Kier molecular flexibility index (Phi) is 7.29. The number of piperazine rings is 1. The molecule has 1 aromatic heterocycles. The molecule has 0 aliphatic carbocycles. The van der Waals surface area contributed by atoms with E-state index in [-0.39, 0.29) is 17.5 Å². The second kappa shape index (κ2) is 10.6. The van der Waals surface area contributed by atoms with E-state index in [9.17, 15) is 18.0 Å². The molecule has 2 saturated heterocycles. The number of nitrogens with zero attached hydrogens (tertiary/aromatic N) is 4. The molecule has 0 N–H and O–H groups in total. The highest BCUT2D eigenvalue weighted by Crippen LogP contribution is 2.38. The molecule has 3 heterocycles. The second-order valence-corrected chi connectivity index (χ2v) is 10.0. The Morgan fingerprint density at radius 3 is 2.55 bits per heavy atom. The number of methoxy groups -OCH3 is 1. The first-order chi connectivity index (χ1) is 18.3. The van der Waals surface area contributed by atoms with Crippen molar-refractivity contribution in [2.45, 2.75) is 45.2 Å². The van der Waals surface area contributed by atoms with Gasteiger partial charge in [0.25, 0.3) is 5.91 Å². The van der Waals surface area contributed by atoms with Gasteiger partial charge in [-0.2, -0.15) is 0 Å². The molecule has 0 spiro atoms. The predicted molar refractivity (Wildman–Crippen MR) is 138 cm³/mol. The van der Waals surface area contributed by atoms with Crippen LogP contribution in [0, 0.1) is 24.4 Å². The number of aromatic nitrogens is 2. The van der Waals surface area contributed by atoms with E-state index in [1.807, 2.05) is 42.0 Å². The lowest BCUT2D eigenvalue weighted by molar-refractivity contribution is -0.139. The highest BCUT2D eigenvalue weighted by Gasteiger charge is 2.42. The van der Waals surface area contributed by atoms with Crippen LogP contribution in [-0.2, 0) is 4.79 Å². The van der Waals surface area contributed by atoms with Crippen molar-refractivity contribution in [3.8, 4) is 11.4 Å². The molecule has 2 unspecified atom stereocenters. The fourth-order valence-electron chi connectivity index (χ4n) is 5.60. The molecule has 9 heteroatoms. The Balaban J connectivity index is 1.48. The maximum Gasteiger partial charge on any atom is 0.250 e. The van der Waals surface area contributed by atoms with Crippen molar-refractivity contribution in [1.29, 1.82) is 0 Å². The summed E-state index contributed by atoms with van der Waals surface area (Å²) in [5.41, 5.74) is 3.41. The van der Waals surface area contributed by atoms with Crippen LogP contribution in [0.3, 0.4) is 0 Å². The molecule has 0 bridgehead atoms. The van der Waals surface area contributed by atoms with Crippen LogP contribution in [0.15, 0.2) is 48.4 Å². The Morgan fingerprint density at radius 1 is 1.13 bits per heavy atom. The van der Waals surface area contributed by atoms with Gasteiger partial charge in [0.2, 0.25) is 0 Å². The fourth-order valence-corrected chi connectivity index (χ4v) is 5.60. The standard InChI is InChI=1S/C29H31F3N4O2/c1-4-9-34-15-22-7-6-20(10-19-5-8-25(27(11-19)38-3)35-14-18(2)33-17-35)29(37)36(22)26(16-34)21-12-23(30)28(32)24(31)13-21/h5,8,10-14,17,22,26H,4,6-7,9,15-16H2,1-3H3/b20-10+. The minimum atomic E-state index is -1.50. The van der Waals surface area contributed by atoms with Crippen LogP contribution in [0.4, 0.5) is 13.2 Å². The number of aryl methyl sites for hydroxylation is 1. The molecule has 2 aliphatic rings. The molecule has 2 fully saturated rings. The second-order valence-electron chi connectivity index (χ2n) is 10.0. The van der Waals surface area contributed by atoms with Crippen LogP contribution in [0.2, 0.25) is 0 Å². The summed E-state index contributed by atoms with van der Waals surface area (Å²) in [4.78, 5) is 22.1. The zero-order chi connectivity index (χ0) is 27.0. The molecule has 38 heavy (non-hydrogen) atoms. The number of carbonyl (C=O) groups is 1. The van der Waals surface area contributed by atoms with Gasteiger partial charge in [0, 0.05) is 30.9 Å².